The number of hydrogen-bond acceptors (Lipinski definition) is 4. The molecule has 1 aromatic heterocycles. The van der Waals surface area contributed by atoms with Crippen LogP contribution in [-0.4, -0.2) is 31.1 Å². The number of ether oxygens (including phenoxy) is 1. The number of anilines is 1. The smallest absolute Gasteiger partial charge is 0.227 e. The lowest BCUT2D eigenvalue weighted by molar-refractivity contribution is -0.122. The Labute approximate surface area is 148 Å². The molecule has 5 heteroatoms. The Kier molecular flexibility index (Phi) is 5.33. The molecule has 1 aromatic carbocycles. The molecule has 0 aliphatic carbocycles. The highest BCUT2D eigenvalue weighted by Gasteiger charge is 2.26. The number of likely N-dealkylation sites (N-methyl/N-ethyl adjacent to an activating group) is 1. The molecule has 1 amide bonds. The van der Waals surface area contributed by atoms with Gasteiger partial charge >= 0.3 is 0 Å². The van der Waals surface area contributed by atoms with Gasteiger partial charge in [-0.05, 0) is 42.7 Å². The lowest BCUT2D eigenvalue weighted by Gasteiger charge is -2.18. The topological polar surface area (TPSA) is 54.5 Å². The predicted molar refractivity (Wildman–Crippen MR) is 98.5 cm³/mol. The maximum absolute atomic E-state index is 11.8. The molecule has 0 saturated carbocycles. The van der Waals surface area contributed by atoms with Crippen molar-refractivity contribution in [2.45, 2.75) is 12.8 Å². The van der Waals surface area contributed by atoms with Crippen LogP contribution in [0.4, 0.5) is 5.82 Å². The Hall–Kier alpha value is -2.82. The minimum atomic E-state index is -0.00806. The molecule has 1 N–H and O–H groups in total. The zero-order valence-corrected chi connectivity index (χ0v) is 14.4. The molecular formula is C20H23N3O2. The number of aromatic nitrogens is 1. The van der Waals surface area contributed by atoms with Crippen molar-refractivity contribution >= 4 is 11.7 Å². The van der Waals surface area contributed by atoms with E-state index in [1.54, 1.807) is 6.20 Å². The highest BCUT2D eigenvalue weighted by molar-refractivity contribution is 5.83. The summed E-state index contributed by atoms with van der Waals surface area (Å²) in [5.74, 6) is 1.82. The van der Waals surface area contributed by atoms with Gasteiger partial charge in [-0.1, -0.05) is 24.8 Å². The lowest BCUT2D eigenvalue weighted by Crippen LogP contribution is -2.24. The van der Waals surface area contributed by atoms with E-state index in [2.05, 4.69) is 21.8 Å². The lowest BCUT2D eigenvalue weighted by atomic mass is 9.97. The number of pyridine rings is 1. The van der Waals surface area contributed by atoms with Gasteiger partial charge in [-0.25, -0.2) is 4.98 Å². The van der Waals surface area contributed by atoms with Crippen LogP contribution in [0, 0.1) is 5.92 Å². The summed E-state index contributed by atoms with van der Waals surface area (Å²) in [4.78, 5) is 18.1. The zero-order chi connectivity index (χ0) is 17.6. The van der Waals surface area contributed by atoms with E-state index in [-0.39, 0.29) is 11.8 Å². The van der Waals surface area contributed by atoms with Crippen molar-refractivity contribution in [3.63, 3.8) is 0 Å². The number of rotatable bonds is 7. The second-order valence-electron chi connectivity index (χ2n) is 6.30. The van der Waals surface area contributed by atoms with E-state index in [0.29, 0.717) is 6.61 Å². The number of allylic oxidation sites excluding steroid dienone is 1. The summed E-state index contributed by atoms with van der Waals surface area (Å²) in [6.07, 6.45) is 3.23. The first-order valence-electron chi connectivity index (χ1n) is 8.44. The van der Waals surface area contributed by atoms with Crippen LogP contribution in [0.25, 0.3) is 0 Å². The molecule has 2 heterocycles. The summed E-state index contributed by atoms with van der Waals surface area (Å²) in [7, 11) is 2.00. The van der Waals surface area contributed by atoms with Crippen molar-refractivity contribution in [2.24, 2.45) is 5.92 Å². The van der Waals surface area contributed by atoms with Gasteiger partial charge in [0.25, 0.3) is 0 Å². The molecule has 1 aliphatic rings. The number of carbonyl (C=O) groups is 1. The molecule has 1 aliphatic heterocycles. The first kappa shape index (κ1) is 17.0. The van der Waals surface area contributed by atoms with Crippen LogP contribution in [0.15, 0.2) is 60.9 Å². The second kappa shape index (κ2) is 7.83. The molecule has 5 nitrogen and oxygen atoms in total. The zero-order valence-electron chi connectivity index (χ0n) is 14.4. The fourth-order valence-electron chi connectivity index (χ4n) is 2.88. The number of nitrogens with one attached hydrogen (secondary N) is 1. The van der Waals surface area contributed by atoms with Crippen molar-refractivity contribution < 1.29 is 9.53 Å². The number of amides is 1. The van der Waals surface area contributed by atoms with Gasteiger partial charge in [0.2, 0.25) is 5.91 Å². The maximum atomic E-state index is 11.8. The summed E-state index contributed by atoms with van der Waals surface area (Å²) in [5.41, 5.74) is 1.94. The van der Waals surface area contributed by atoms with Gasteiger partial charge in [0.1, 0.15) is 18.2 Å². The molecule has 3 rings (SSSR count). The monoisotopic (exact) mass is 337 g/mol. The van der Waals surface area contributed by atoms with Crippen molar-refractivity contribution in [1.29, 1.82) is 0 Å². The number of hydrogen-bond donors (Lipinski definition) is 1. The van der Waals surface area contributed by atoms with Crippen LogP contribution in [0.2, 0.25) is 0 Å². The van der Waals surface area contributed by atoms with Crippen molar-refractivity contribution in [2.75, 3.05) is 25.1 Å². The molecule has 1 fully saturated rings. The molecule has 0 bridgehead atoms. The van der Waals surface area contributed by atoms with E-state index >= 15 is 0 Å². The molecule has 1 unspecified atom stereocenters. The van der Waals surface area contributed by atoms with Crippen LogP contribution in [0.5, 0.6) is 5.75 Å². The van der Waals surface area contributed by atoms with E-state index in [1.165, 1.54) is 0 Å². The Bertz CT molecular complexity index is 728. The second-order valence-corrected chi connectivity index (χ2v) is 6.30. The Morgan fingerprint density at radius 2 is 2.08 bits per heavy atom. The van der Waals surface area contributed by atoms with Gasteiger partial charge in [-0.2, -0.15) is 0 Å². The Morgan fingerprint density at radius 3 is 2.72 bits per heavy atom. The van der Waals surface area contributed by atoms with E-state index in [1.807, 2.05) is 49.5 Å². The highest BCUT2D eigenvalue weighted by Crippen LogP contribution is 2.22. The summed E-state index contributed by atoms with van der Waals surface area (Å²) >= 11 is 0. The van der Waals surface area contributed by atoms with Gasteiger partial charge in [0.15, 0.2) is 0 Å². The number of carbonyl (C=O) groups excluding carboxylic acids is 1. The summed E-state index contributed by atoms with van der Waals surface area (Å²) < 4.78 is 5.80. The van der Waals surface area contributed by atoms with Crippen molar-refractivity contribution in [3.05, 3.63) is 66.5 Å². The normalized spacial score (nSPS) is 16.6. The minimum Gasteiger partial charge on any atom is -0.492 e. The fourth-order valence-corrected chi connectivity index (χ4v) is 2.88. The third-order valence-corrected chi connectivity index (χ3v) is 4.30. The van der Waals surface area contributed by atoms with Crippen LogP contribution in [0.1, 0.15) is 12.0 Å². The quantitative estimate of drug-likeness (QED) is 0.844. The van der Waals surface area contributed by atoms with E-state index in [9.17, 15) is 4.79 Å². The minimum absolute atomic E-state index is 0.00806. The third-order valence-electron chi connectivity index (χ3n) is 4.30. The van der Waals surface area contributed by atoms with Crippen LogP contribution >= 0.6 is 0 Å². The molecule has 2 aromatic rings. The largest absolute Gasteiger partial charge is 0.492 e. The SMILES string of the molecule is C=C1CC(Cc2ccc(OCCN(C)c3ccccn3)cc2)C(=O)N1. The summed E-state index contributed by atoms with van der Waals surface area (Å²) in [6.45, 7) is 5.15. The Balaban J connectivity index is 1.46. The number of nitrogens with zero attached hydrogens (tertiary/aromatic N) is 2. The Morgan fingerprint density at radius 1 is 1.28 bits per heavy atom. The van der Waals surface area contributed by atoms with E-state index in [4.69, 9.17) is 4.74 Å². The number of benzene rings is 1. The first-order chi connectivity index (χ1) is 12.1. The molecule has 1 atom stereocenters. The third kappa shape index (κ3) is 4.59. The van der Waals surface area contributed by atoms with Crippen LogP contribution in [-0.2, 0) is 11.2 Å². The standard InChI is InChI=1S/C20H23N3O2/c1-15-13-17(20(24)22-15)14-16-6-8-18(9-7-16)25-12-11-23(2)19-5-3-4-10-21-19/h3-10,17H,1,11-14H2,2H3,(H,22,24). The molecule has 0 radical (unpaired) electrons. The molecular weight excluding hydrogens is 314 g/mol. The van der Waals surface area contributed by atoms with Crippen molar-refractivity contribution in [1.82, 2.24) is 10.3 Å². The van der Waals surface area contributed by atoms with Crippen LogP contribution in [0.3, 0.4) is 0 Å². The molecule has 25 heavy (non-hydrogen) atoms. The fraction of sp³-hybridized carbons (Fsp3) is 0.300. The molecule has 1 saturated heterocycles. The van der Waals surface area contributed by atoms with E-state index < -0.39 is 0 Å². The predicted octanol–water partition coefficient (Wildman–Crippen LogP) is 2.79. The van der Waals surface area contributed by atoms with Crippen LogP contribution < -0.4 is 15.0 Å². The van der Waals surface area contributed by atoms with Gasteiger partial charge in [0.05, 0.1) is 6.54 Å². The highest BCUT2D eigenvalue weighted by atomic mass is 16.5. The summed E-state index contributed by atoms with van der Waals surface area (Å²) in [5, 5.41) is 2.78. The first-order valence-corrected chi connectivity index (χ1v) is 8.44. The maximum Gasteiger partial charge on any atom is 0.227 e. The van der Waals surface area contributed by atoms with E-state index in [0.717, 1.165) is 42.2 Å². The molecule has 130 valence electrons. The average molecular weight is 337 g/mol. The van der Waals surface area contributed by atoms with Gasteiger partial charge < -0.3 is 15.0 Å². The van der Waals surface area contributed by atoms with Crippen molar-refractivity contribution in [3.8, 4) is 5.75 Å². The molecule has 0 spiro atoms. The van der Waals surface area contributed by atoms with Gasteiger partial charge in [0, 0.05) is 24.9 Å². The van der Waals surface area contributed by atoms with Gasteiger partial charge in [-0.3, -0.25) is 4.79 Å². The van der Waals surface area contributed by atoms with Gasteiger partial charge in [-0.15, -0.1) is 0 Å². The average Bonchev–Trinajstić information content (AvgIpc) is 2.94. The summed E-state index contributed by atoms with van der Waals surface area (Å²) in [6, 6.07) is 13.8.